The van der Waals surface area contributed by atoms with Crippen LogP contribution in [0.3, 0.4) is 0 Å². The number of nitro benzene ring substituents is 1. The number of nitro groups is 1. The molecule has 0 aliphatic carbocycles. The normalized spacial score (nSPS) is 19.7. The van der Waals surface area contributed by atoms with Crippen LogP contribution in [0.1, 0.15) is 38.3 Å². The second-order valence-corrected chi connectivity index (χ2v) is 9.96. The average molecular weight is 448 g/mol. The van der Waals surface area contributed by atoms with E-state index in [4.69, 9.17) is 9.47 Å². The van der Waals surface area contributed by atoms with Crippen molar-refractivity contribution in [1.29, 1.82) is 0 Å². The molecule has 2 aliphatic rings. The highest BCUT2D eigenvalue weighted by Gasteiger charge is 2.31. The Morgan fingerprint density at radius 3 is 2.71 bits per heavy atom. The van der Waals surface area contributed by atoms with Crippen LogP contribution in [0.25, 0.3) is 0 Å². The van der Waals surface area contributed by atoms with Crippen molar-refractivity contribution in [2.45, 2.75) is 37.6 Å². The number of rotatable bonds is 6. The third-order valence-corrected chi connectivity index (χ3v) is 7.55. The Labute approximate surface area is 181 Å². The molecule has 2 aromatic carbocycles. The molecule has 31 heavy (non-hydrogen) atoms. The van der Waals surface area contributed by atoms with Gasteiger partial charge in [0, 0.05) is 25.2 Å². The van der Waals surface area contributed by atoms with Crippen molar-refractivity contribution in [3.63, 3.8) is 0 Å². The topological polar surface area (TPSA) is 111 Å². The lowest BCUT2D eigenvalue weighted by molar-refractivity contribution is -0.384. The minimum atomic E-state index is -3.78. The highest BCUT2D eigenvalue weighted by atomic mass is 32.2. The molecule has 166 valence electrons. The van der Waals surface area contributed by atoms with Crippen molar-refractivity contribution in [3.8, 4) is 11.5 Å². The van der Waals surface area contributed by atoms with Gasteiger partial charge in [-0.3, -0.25) is 10.1 Å². The van der Waals surface area contributed by atoms with Gasteiger partial charge in [-0.1, -0.05) is 13.0 Å². The second kappa shape index (κ2) is 8.35. The maximum atomic E-state index is 13.0. The van der Waals surface area contributed by atoms with Crippen LogP contribution in [0.2, 0.25) is 0 Å². The summed E-state index contributed by atoms with van der Waals surface area (Å²) >= 11 is 0. The molecule has 0 radical (unpaired) electrons. The van der Waals surface area contributed by atoms with Gasteiger partial charge in [0.1, 0.15) is 5.69 Å². The van der Waals surface area contributed by atoms with E-state index in [1.165, 1.54) is 16.4 Å². The number of nitrogens with zero attached hydrogens (tertiary/aromatic N) is 2. The summed E-state index contributed by atoms with van der Waals surface area (Å²) in [7, 11) is -3.78. The molecule has 0 aromatic heterocycles. The number of benzene rings is 2. The summed E-state index contributed by atoms with van der Waals surface area (Å²) < 4.78 is 38.2. The summed E-state index contributed by atoms with van der Waals surface area (Å²) in [6.07, 6.45) is 1.77. The number of hydrogen-bond donors (Lipinski definition) is 1. The Balaban J connectivity index is 1.59. The van der Waals surface area contributed by atoms with Crippen LogP contribution in [0.15, 0.2) is 41.3 Å². The van der Waals surface area contributed by atoms with Gasteiger partial charge < -0.3 is 14.8 Å². The van der Waals surface area contributed by atoms with Gasteiger partial charge in [-0.15, -0.1) is 0 Å². The first kappa shape index (κ1) is 21.4. The van der Waals surface area contributed by atoms with Crippen LogP contribution in [-0.2, 0) is 10.0 Å². The number of ether oxygens (including phenoxy) is 2. The van der Waals surface area contributed by atoms with Gasteiger partial charge >= 0.3 is 0 Å². The van der Waals surface area contributed by atoms with Crippen LogP contribution in [0.5, 0.6) is 11.5 Å². The third kappa shape index (κ3) is 4.31. The molecule has 0 bridgehead atoms. The summed E-state index contributed by atoms with van der Waals surface area (Å²) in [5, 5.41) is 14.8. The fourth-order valence-corrected chi connectivity index (χ4v) is 5.58. The van der Waals surface area contributed by atoms with Crippen LogP contribution in [0.4, 0.5) is 11.4 Å². The highest BCUT2D eigenvalue weighted by molar-refractivity contribution is 7.89. The van der Waals surface area contributed by atoms with Crippen LogP contribution >= 0.6 is 0 Å². The summed E-state index contributed by atoms with van der Waals surface area (Å²) in [5.41, 5.74) is 0.831. The Kier molecular flexibility index (Phi) is 5.76. The minimum absolute atomic E-state index is 0.0606. The van der Waals surface area contributed by atoms with Crippen molar-refractivity contribution in [2.75, 3.05) is 25.2 Å². The van der Waals surface area contributed by atoms with E-state index in [2.05, 4.69) is 5.32 Å². The molecular formula is C21H25N3O6S. The monoisotopic (exact) mass is 447 g/mol. The lowest BCUT2D eigenvalue weighted by Gasteiger charge is -2.30. The van der Waals surface area contributed by atoms with E-state index in [1.807, 2.05) is 26.0 Å². The molecular weight excluding hydrogens is 422 g/mol. The zero-order valence-corrected chi connectivity index (χ0v) is 18.2. The molecule has 2 aliphatic heterocycles. The molecule has 9 nitrogen and oxygen atoms in total. The number of anilines is 1. The molecule has 1 fully saturated rings. The van der Waals surface area contributed by atoms with Crippen molar-refractivity contribution in [2.24, 2.45) is 5.92 Å². The molecule has 1 saturated heterocycles. The average Bonchev–Trinajstić information content (AvgIpc) is 3.21. The van der Waals surface area contributed by atoms with Gasteiger partial charge in [-0.25, -0.2) is 8.42 Å². The highest BCUT2D eigenvalue weighted by Crippen LogP contribution is 2.36. The summed E-state index contributed by atoms with van der Waals surface area (Å²) in [4.78, 5) is 11.1. The van der Waals surface area contributed by atoms with Gasteiger partial charge in [-0.2, -0.15) is 4.31 Å². The van der Waals surface area contributed by atoms with Gasteiger partial charge in [-0.05, 0) is 55.5 Å². The molecule has 0 amide bonds. The van der Waals surface area contributed by atoms with Gasteiger partial charge in [0.25, 0.3) is 5.69 Å². The summed E-state index contributed by atoms with van der Waals surface area (Å²) in [5.74, 6) is 1.54. The Hall–Kier alpha value is -2.85. The first-order valence-corrected chi connectivity index (χ1v) is 11.6. The second-order valence-electron chi connectivity index (χ2n) is 8.03. The molecule has 2 aromatic rings. The van der Waals surface area contributed by atoms with Crippen LogP contribution in [-0.4, -0.2) is 37.5 Å². The Morgan fingerprint density at radius 1 is 1.19 bits per heavy atom. The molecule has 0 saturated carbocycles. The van der Waals surface area contributed by atoms with Crippen molar-refractivity contribution in [3.05, 3.63) is 52.1 Å². The SMILES string of the molecule is C[C@@H]1CCCN(S(=O)(=O)c2ccc(N[C@@H](C)c3ccc4c(c3)OCO4)c([N+](=O)[O-])c2)C1. The van der Waals surface area contributed by atoms with Crippen molar-refractivity contribution < 1.29 is 22.8 Å². The quantitative estimate of drug-likeness (QED) is 0.528. The van der Waals surface area contributed by atoms with E-state index < -0.39 is 14.9 Å². The number of hydrogen-bond acceptors (Lipinski definition) is 7. The maximum absolute atomic E-state index is 13.0. The predicted octanol–water partition coefficient (Wildman–Crippen LogP) is 3.92. The lowest BCUT2D eigenvalue weighted by atomic mass is 10.0. The van der Waals surface area contributed by atoms with Crippen molar-refractivity contribution in [1.82, 2.24) is 4.31 Å². The largest absolute Gasteiger partial charge is 0.454 e. The molecule has 2 atom stereocenters. The van der Waals surface area contributed by atoms with Crippen LogP contribution in [0, 0.1) is 16.0 Å². The smallest absolute Gasteiger partial charge is 0.293 e. The number of sulfonamides is 1. The zero-order chi connectivity index (χ0) is 22.2. The summed E-state index contributed by atoms with van der Waals surface area (Å²) in [6, 6.07) is 9.22. The molecule has 0 unspecified atom stereocenters. The minimum Gasteiger partial charge on any atom is -0.454 e. The summed E-state index contributed by atoms with van der Waals surface area (Å²) in [6.45, 7) is 4.90. The molecule has 4 rings (SSSR count). The van der Waals surface area contributed by atoms with Gasteiger partial charge in [0.2, 0.25) is 16.8 Å². The van der Waals surface area contributed by atoms with E-state index in [0.29, 0.717) is 24.6 Å². The molecule has 10 heteroatoms. The fourth-order valence-electron chi connectivity index (χ4n) is 3.96. The van der Waals surface area contributed by atoms with Crippen LogP contribution < -0.4 is 14.8 Å². The first-order valence-electron chi connectivity index (χ1n) is 10.2. The van der Waals surface area contributed by atoms with E-state index in [1.54, 1.807) is 6.07 Å². The third-order valence-electron chi connectivity index (χ3n) is 5.69. The predicted molar refractivity (Wildman–Crippen MR) is 115 cm³/mol. The fraction of sp³-hybridized carbons (Fsp3) is 0.429. The number of fused-ring (bicyclic) bond motifs is 1. The zero-order valence-electron chi connectivity index (χ0n) is 17.4. The van der Waals surface area contributed by atoms with Crippen molar-refractivity contribution >= 4 is 21.4 Å². The Morgan fingerprint density at radius 2 is 1.97 bits per heavy atom. The van der Waals surface area contributed by atoms with E-state index in [-0.39, 0.29) is 35.0 Å². The molecule has 1 N–H and O–H groups in total. The van der Waals surface area contributed by atoms with Gasteiger partial charge in [0.15, 0.2) is 11.5 Å². The van der Waals surface area contributed by atoms with E-state index >= 15 is 0 Å². The Bertz CT molecular complexity index is 1100. The lowest BCUT2D eigenvalue weighted by Crippen LogP contribution is -2.39. The number of nitrogens with one attached hydrogen (secondary N) is 1. The molecule has 2 heterocycles. The van der Waals surface area contributed by atoms with E-state index in [0.717, 1.165) is 24.5 Å². The van der Waals surface area contributed by atoms with Gasteiger partial charge in [0.05, 0.1) is 9.82 Å². The molecule has 0 spiro atoms. The standard InChI is InChI=1S/C21H25N3O6S/c1-14-4-3-9-23(12-14)31(27,28)17-6-7-18(19(11-17)24(25)26)22-15(2)16-5-8-20-21(10-16)30-13-29-20/h5-8,10-11,14-15,22H,3-4,9,12-13H2,1-2H3/t14-,15+/m1/s1. The first-order chi connectivity index (χ1) is 14.8. The maximum Gasteiger partial charge on any atom is 0.293 e. The number of piperidine rings is 1. The van der Waals surface area contributed by atoms with E-state index in [9.17, 15) is 18.5 Å².